The summed E-state index contributed by atoms with van der Waals surface area (Å²) in [4.78, 5) is 11.0. The lowest BCUT2D eigenvalue weighted by Crippen LogP contribution is -2.19. The van der Waals surface area contributed by atoms with Crippen LogP contribution in [-0.4, -0.2) is 24.6 Å². The van der Waals surface area contributed by atoms with Crippen molar-refractivity contribution in [3.05, 3.63) is 69.7 Å². The molecule has 0 bridgehead atoms. The smallest absolute Gasteiger partial charge is 0.139 e. The van der Waals surface area contributed by atoms with E-state index in [1.54, 1.807) is 24.3 Å². The van der Waals surface area contributed by atoms with Gasteiger partial charge in [0, 0.05) is 21.2 Å². The van der Waals surface area contributed by atoms with Gasteiger partial charge in [0.1, 0.15) is 24.6 Å². The van der Waals surface area contributed by atoms with E-state index >= 15 is 0 Å². The van der Waals surface area contributed by atoms with Crippen LogP contribution < -0.4 is 0 Å². The van der Waals surface area contributed by atoms with Crippen molar-refractivity contribution < 1.29 is 9.68 Å². The average molecular weight is 363 g/mol. The molecule has 0 N–H and O–H groups in total. The molecule has 1 aliphatic rings. The zero-order valence-electron chi connectivity index (χ0n) is 12.9. The minimum absolute atomic E-state index is 0.536. The van der Waals surface area contributed by atoms with Gasteiger partial charge in [-0.3, -0.25) is 0 Å². The van der Waals surface area contributed by atoms with E-state index in [9.17, 15) is 0 Å². The lowest BCUT2D eigenvalue weighted by atomic mass is 10.00. The predicted octanol–water partition coefficient (Wildman–Crippen LogP) is 4.93. The number of hydrogen-bond acceptors (Lipinski definition) is 4. The Kier molecular flexibility index (Phi) is 5.72. The highest BCUT2D eigenvalue weighted by Crippen LogP contribution is 2.17. The van der Waals surface area contributed by atoms with Crippen molar-refractivity contribution in [1.29, 1.82) is 0 Å². The van der Waals surface area contributed by atoms with Gasteiger partial charge in [-0.25, -0.2) is 0 Å². The van der Waals surface area contributed by atoms with E-state index in [1.807, 2.05) is 24.3 Å². The van der Waals surface area contributed by atoms with Crippen LogP contribution in [0.5, 0.6) is 0 Å². The molecule has 3 rings (SSSR count). The molecule has 4 nitrogen and oxygen atoms in total. The molecule has 0 aliphatic carbocycles. The summed E-state index contributed by atoms with van der Waals surface area (Å²) in [6, 6.07) is 14.7. The second kappa shape index (κ2) is 8.18. The van der Waals surface area contributed by atoms with Crippen molar-refractivity contribution in [1.82, 2.24) is 0 Å². The minimum atomic E-state index is 0.536. The van der Waals surface area contributed by atoms with Gasteiger partial charge in [0.25, 0.3) is 0 Å². The van der Waals surface area contributed by atoms with E-state index in [4.69, 9.17) is 32.9 Å². The summed E-state index contributed by atoms with van der Waals surface area (Å²) >= 11 is 12.0. The fourth-order valence-electron chi connectivity index (χ4n) is 2.23. The van der Waals surface area contributed by atoms with Crippen LogP contribution in [0.2, 0.25) is 10.0 Å². The SMILES string of the molecule is Clc1ccc(C2=N/OCCCCO/N=C\2c2ccc(Cl)cc2)cc1. The Morgan fingerprint density at radius 3 is 1.38 bits per heavy atom. The standard InChI is InChI=1S/C18H16Cl2N2O2/c19-15-7-3-13(4-8-15)17-18(14-5-9-16(20)10-6-14)22-24-12-2-1-11-23-21-17/h3-10H,1-2,11-12H2/b21-17-,22-18-. The topological polar surface area (TPSA) is 43.2 Å². The van der Waals surface area contributed by atoms with Gasteiger partial charge in [-0.15, -0.1) is 0 Å². The first-order valence-electron chi connectivity index (χ1n) is 7.66. The van der Waals surface area contributed by atoms with Gasteiger partial charge >= 0.3 is 0 Å². The molecule has 0 unspecified atom stereocenters. The normalized spacial score (nSPS) is 19.9. The predicted molar refractivity (Wildman–Crippen MR) is 97.1 cm³/mol. The third kappa shape index (κ3) is 4.28. The van der Waals surface area contributed by atoms with Crippen molar-refractivity contribution in [3.63, 3.8) is 0 Å². The fraction of sp³-hybridized carbons (Fsp3) is 0.222. The first-order chi connectivity index (χ1) is 11.7. The lowest BCUT2D eigenvalue weighted by Gasteiger charge is -2.13. The van der Waals surface area contributed by atoms with Crippen LogP contribution >= 0.6 is 23.2 Å². The molecular weight excluding hydrogens is 347 g/mol. The number of halogens is 2. The second-order valence-electron chi connectivity index (χ2n) is 5.27. The van der Waals surface area contributed by atoms with E-state index in [0.717, 1.165) is 24.0 Å². The van der Waals surface area contributed by atoms with Crippen molar-refractivity contribution in [2.75, 3.05) is 13.2 Å². The van der Waals surface area contributed by atoms with Gasteiger partial charge in [-0.05, 0) is 37.1 Å². The van der Waals surface area contributed by atoms with E-state index < -0.39 is 0 Å². The Bertz CT molecular complexity index is 675. The Morgan fingerprint density at radius 1 is 0.625 bits per heavy atom. The zero-order chi connectivity index (χ0) is 16.8. The molecule has 1 aliphatic heterocycles. The first-order valence-corrected chi connectivity index (χ1v) is 8.42. The molecule has 0 radical (unpaired) electrons. The third-order valence-electron chi connectivity index (χ3n) is 3.49. The molecule has 1 heterocycles. The van der Waals surface area contributed by atoms with Gasteiger partial charge in [0.15, 0.2) is 0 Å². The van der Waals surface area contributed by atoms with Crippen molar-refractivity contribution in [2.45, 2.75) is 12.8 Å². The highest BCUT2D eigenvalue weighted by Gasteiger charge is 2.17. The summed E-state index contributed by atoms with van der Waals surface area (Å²) in [6.45, 7) is 1.07. The van der Waals surface area contributed by atoms with Crippen LogP contribution in [0.15, 0.2) is 58.8 Å². The van der Waals surface area contributed by atoms with Gasteiger partial charge < -0.3 is 9.68 Å². The Labute approximate surface area is 150 Å². The molecule has 2 aromatic rings. The zero-order valence-corrected chi connectivity index (χ0v) is 14.4. The van der Waals surface area contributed by atoms with Crippen molar-refractivity contribution in [2.24, 2.45) is 10.3 Å². The number of oxime groups is 2. The van der Waals surface area contributed by atoms with E-state index in [0.29, 0.717) is 34.7 Å². The number of benzene rings is 2. The largest absolute Gasteiger partial charge is 0.395 e. The molecule has 0 aromatic heterocycles. The summed E-state index contributed by atoms with van der Waals surface area (Å²) < 4.78 is 0. The van der Waals surface area contributed by atoms with Gasteiger partial charge in [0.2, 0.25) is 0 Å². The molecule has 124 valence electrons. The molecule has 0 amide bonds. The summed E-state index contributed by atoms with van der Waals surface area (Å²) in [7, 11) is 0. The number of rotatable bonds is 2. The second-order valence-corrected chi connectivity index (χ2v) is 6.14. The van der Waals surface area contributed by atoms with Crippen LogP contribution in [0.1, 0.15) is 24.0 Å². The molecule has 0 atom stereocenters. The van der Waals surface area contributed by atoms with Gasteiger partial charge in [0.05, 0.1) is 0 Å². The number of hydrogen-bond donors (Lipinski definition) is 0. The summed E-state index contributed by atoms with van der Waals surface area (Å²) in [6.07, 6.45) is 1.73. The van der Waals surface area contributed by atoms with E-state index in [2.05, 4.69) is 10.3 Å². The quantitative estimate of drug-likeness (QED) is 0.759. The van der Waals surface area contributed by atoms with Crippen LogP contribution in [0.25, 0.3) is 0 Å². The Morgan fingerprint density at radius 2 is 1.00 bits per heavy atom. The first kappa shape index (κ1) is 16.8. The highest BCUT2D eigenvalue weighted by molar-refractivity contribution is 6.53. The monoisotopic (exact) mass is 362 g/mol. The fourth-order valence-corrected chi connectivity index (χ4v) is 2.49. The van der Waals surface area contributed by atoms with Crippen molar-refractivity contribution in [3.8, 4) is 0 Å². The molecular formula is C18H16Cl2N2O2. The van der Waals surface area contributed by atoms with E-state index in [1.165, 1.54) is 0 Å². The third-order valence-corrected chi connectivity index (χ3v) is 4.00. The molecule has 0 spiro atoms. The highest BCUT2D eigenvalue weighted by atomic mass is 35.5. The molecule has 2 aromatic carbocycles. The molecule has 0 saturated carbocycles. The average Bonchev–Trinajstić information content (AvgIpc) is 2.61. The maximum atomic E-state index is 5.99. The van der Waals surface area contributed by atoms with Crippen LogP contribution in [0.3, 0.4) is 0 Å². The molecule has 6 heteroatoms. The van der Waals surface area contributed by atoms with Crippen molar-refractivity contribution >= 4 is 34.6 Å². The maximum Gasteiger partial charge on any atom is 0.139 e. The Hall–Kier alpha value is -2.04. The summed E-state index contributed by atoms with van der Waals surface area (Å²) in [5.41, 5.74) is 2.88. The maximum absolute atomic E-state index is 5.99. The lowest BCUT2D eigenvalue weighted by molar-refractivity contribution is 0.108. The number of nitrogens with zero attached hydrogens (tertiary/aromatic N) is 2. The molecule has 24 heavy (non-hydrogen) atoms. The summed E-state index contributed by atoms with van der Waals surface area (Å²) in [5, 5.41) is 9.90. The Balaban J connectivity index is 2.05. The van der Waals surface area contributed by atoms with Crippen LogP contribution in [0.4, 0.5) is 0 Å². The van der Waals surface area contributed by atoms with Gasteiger partial charge in [-0.2, -0.15) is 0 Å². The molecule has 0 fully saturated rings. The van der Waals surface area contributed by atoms with E-state index in [-0.39, 0.29) is 0 Å². The van der Waals surface area contributed by atoms with Gasteiger partial charge in [-0.1, -0.05) is 57.8 Å². The summed E-state index contributed by atoms with van der Waals surface area (Å²) in [5.74, 6) is 0. The van der Waals surface area contributed by atoms with Crippen LogP contribution in [-0.2, 0) is 9.68 Å². The minimum Gasteiger partial charge on any atom is -0.395 e. The molecule has 0 saturated heterocycles. The van der Waals surface area contributed by atoms with Crippen LogP contribution in [0, 0.1) is 0 Å².